The molecule has 0 spiro atoms. The van der Waals surface area contributed by atoms with Crippen LogP contribution < -0.4 is 0 Å². The van der Waals surface area contributed by atoms with Crippen molar-refractivity contribution in [2.45, 2.75) is 53.6 Å². The van der Waals surface area contributed by atoms with E-state index in [1.165, 1.54) is 31.4 Å². The highest BCUT2D eigenvalue weighted by Gasteiger charge is 2.51. The highest BCUT2D eigenvalue weighted by molar-refractivity contribution is 7.87. The van der Waals surface area contributed by atoms with Crippen molar-refractivity contribution < 1.29 is 34.7 Å². The van der Waals surface area contributed by atoms with Gasteiger partial charge >= 0.3 is 0 Å². The number of hydrogen-bond acceptors (Lipinski definition) is 8. The van der Waals surface area contributed by atoms with Crippen LogP contribution in [0.3, 0.4) is 0 Å². The molecule has 0 unspecified atom stereocenters. The molecule has 182 valence electrons. The molecule has 0 saturated carbocycles. The van der Waals surface area contributed by atoms with Gasteiger partial charge in [-0.2, -0.15) is 16.8 Å². The summed E-state index contributed by atoms with van der Waals surface area (Å²) in [4.78, 5) is -0.256. The first kappa shape index (κ1) is 26.4. The topological polar surface area (TPSA) is 105 Å². The zero-order valence-corrected chi connectivity index (χ0v) is 21.2. The van der Waals surface area contributed by atoms with Gasteiger partial charge in [0, 0.05) is 7.11 Å². The molecule has 0 bridgehead atoms. The Labute approximate surface area is 203 Å². The minimum absolute atomic E-state index is 0.115. The molecule has 1 aliphatic rings. The third kappa shape index (κ3) is 6.07. The number of rotatable bonds is 8. The molecule has 3 rings (SSSR count). The summed E-state index contributed by atoms with van der Waals surface area (Å²) in [5.74, 6) is -0.115. The van der Waals surface area contributed by atoms with Crippen molar-refractivity contribution in [3.63, 3.8) is 0 Å². The van der Waals surface area contributed by atoms with Crippen LogP contribution in [0.5, 0.6) is 0 Å². The van der Waals surface area contributed by atoms with Gasteiger partial charge in [-0.15, -0.1) is 23.2 Å². The molecule has 0 amide bonds. The summed E-state index contributed by atoms with van der Waals surface area (Å²) in [7, 11) is -7.44. The van der Waals surface area contributed by atoms with Crippen molar-refractivity contribution >= 4 is 43.4 Å². The number of hydrogen-bond donors (Lipinski definition) is 0. The minimum atomic E-state index is -4.35. The van der Waals surface area contributed by atoms with Crippen molar-refractivity contribution in [1.29, 1.82) is 0 Å². The van der Waals surface area contributed by atoms with E-state index in [4.69, 9.17) is 41.0 Å². The van der Waals surface area contributed by atoms with Crippen LogP contribution in [0, 0.1) is 13.8 Å². The van der Waals surface area contributed by atoms with Crippen molar-refractivity contribution in [1.82, 2.24) is 0 Å². The predicted octanol–water partition coefficient (Wildman–Crippen LogP) is 3.37. The Hall–Kier alpha value is -1.24. The lowest BCUT2D eigenvalue weighted by molar-refractivity contribution is -0.239. The molecule has 5 atom stereocenters. The summed E-state index contributed by atoms with van der Waals surface area (Å²) < 4.78 is 73.5. The van der Waals surface area contributed by atoms with Crippen LogP contribution in [0.25, 0.3) is 0 Å². The molecule has 0 N–H and O–H groups in total. The first-order valence-electron chi connectivity index (χ1n) is 9.86. The molecular weight excluding hydrogens is 515 g/mol. The van der Waals surface area contributed by atoms with E-state index >= 15 is 0 Å². The van der Waals surface area contributed by atoms with Gasteiger partial charge in [0.25, 0.3) is 20.2 Å². The number of methoxy groups -OCH3 is 1. The van der Waals surface area contributed by atoms with Crippen LogP contribution in [-0.4, -0.2) is 59.8 Å². The van der Waals surface area contributed by atoms with Crippen LogP contribution in [-0.2, 0) is 38.1 Å². The van der Waals surface area contributed by atoms with Gasteiger partial charge in [0.2, 0.25) is 0 Å². The Morgan fingerprint density at radius 1 is 0.818 bits per heavy atom. The zero-order chi connectivity index (χ0) is 24.4. The average Bonchev–Trinajstić information content (AvgIpc) is 2.77. The molecule has 33 heavy (non-hydrogen) atoms. The van der Waals surface area contributed by atoms with Crippen LogP contribution in [0.4, 0.5) is 0 Å². The van der Waals surface area contributed by atoms with Crippen molar-refractivity contribution in [3.8, 4) is 0 Å². The van der Waals surface area contributed by atoms with Crippen LogP contribution in [0.15, 0.2) is 58.3 Å². The van der Waals surface area contributed by atoms with Gasteiger partial charge in [-0.3, -0.25) is 8.37 Å². The fraction of sp³-hybridized carbons (Fsp3) is 0.429. The minimum Gasteiger partial charge on any atom is -0.353 e. The second-order valence-corrected chi connectivity index (χ2v) is 11.5. The largest absolute Gasteiger partial charge is 0.353 e. The zero-order valence-electron chi connectivity index (χ0n) is 18.1. The smallest absolute Gasteiger partial charge is 0.297 e. The normalized spacial score (nSPS) is 26.3. The van der Waals surface area contributed by atoms with E-state index in [1.807, 2.05) is 0 Å². The maximum absolute atomic E-state index is 13.0. The Kier molecular flexibility index (Phi) is 8.45. The summed E-state index contributed by atoms with van der Waals surface area (Å²) in [5.41, 5.74) is 1.70. The summed E-state index contributed by atoms with van der Waals surface area (Å²) in [6, 6.07) is 11.9. The second kappa shape index (κ2) is 10.6. The fourth-order valence-electron chi connectivity index (χ4n) is 3.21. The summed E-state index contributed by atoms with van der Waals surface area (Å²) in [6.45, 7) is 3.61. The summed E-state index contributed by atoms with van der Waals surface area (Å²) >= 11 is 12.4. The van der Waals surface area contributed by atoms with E-state index in [0.29, 0.717) is 0 Å². The first-order chi connectivity index (χ1) is 15.5. The SMILES string of the molecule is CO[C@H]1O[C@H](CCl)[C@H](Cl)[C@H](OS(=O)(=O)c2ccc(C)cc2)[C@H]1OS(=O)(=O)c1ccc(C)cc1. The third-order valence-electron chi connectivity index (χ3n) is 5.05. The molecule has 2 aromatic rings. The van der Waals surface area contributed by atoms with E-state index in [-0.39, 0.29) is 15.7 Å². The van der Waals surface area contributed by atoms with Crippen molar-refractivity contribution in [2.24, 2.45) is 0 Å². The highest BCUT2D eigenvalue weighted by atomic mass is 35.5. The Morgan fingerprint density at radius 2 is 1.24 bits per heavy atom. The first-order valence-corrected chi connectivity index (χ1v) is 13.7. The van der Waals surface area contributed by atoms with E-state index in [0.717, 1.165) is 11.1 Å². The van der Waals surface area contributed by atoms with Gasteiger partial charge in [0.1, 0.15) is 6.10 Å². The van der Waals surface area contributed by atoms with Gasteiger partial charge in [-0.05, 0) is 38.1 Å². The Balaban J connectivity index is 1.98. The molecular formula is C21H24Cl2O8S2. The maximum Gasteiger partial charge on any atom is 0.297 e. The van der Waals surface area contributed by atoms with Gasteiger partial charge in [-0.1, -0.05) is 35.4 Å². The Bertz CT molecular complexity index is 1150. The van der Waals surface area contributed by atoms with Crippen molar-refractivity contribution in [3.05, 3.63) is 59.7 Å². The van der Waals surface area contributed by atoms with Gasteiger partial charge < -0.3 is 9.47 Å². The second-order valence-electron chi connectivity index (χ2n) is 7.53. The number of aryl methyl sites for hydroxylation is 2. The molecule has 1 saturated heterocycles. The van der Waals surface area contributed by atoms with E-state index in [1.54, 1.807) is 38.1 Å². The quantitative estimate of drug-likeness (QED) is 0.372. The third-order valence-corrected chi connectivity index (χ3v) is 8.53. The molecule has 1 heterocycles. The number of halogens is 2. The molecule has 1 fully saturated rings. The lowest BCUT2D eigenvalue weighted by atomic mass is 10.0. The van der Waals surface area contributed by atoms with Gasteiger partial charge in [0.05, 0.1) is 27.2 Å². The lowest BCUT2D eigenvalue weighted by Crippen LogP contribution is -2.59. The van der Waals surface area contributed by atoms with Crippen molar-refractivity contribution in [2.75, 3.05) is 13.0 Å². The Morgan fingerprint density at radius 3 is 1.64 bits per heavy atom. The molecule has 2 aromatic carbocycles. The van der Waals surface area contributed by atoms with E-state index < -0.39 is 50.2 Å². The molecule has 0 aliphatic carbocycles. The van der Waals surface area contributed by atoms with E-state index in [2.05, 4.69) is 0 Å². The van der Waals surface area contributed by atoms with E-state index in [9.17, 15) is 16.8 Å². The number of alkyl halides is 2. The standard InChI is InChI=1S/C21H24Cl2O8S2/c1-13-4-8-15(9-5-13)32(24,25)30-19-18(23)17(12-22)29-21(28-3)20(19)31-33(26,27)16-10-6-14(2)7-11-16/h4-11,17-21H,12H2,1-3H3/t17-,18+,19+,20-,21+/m1/s1. The maximum atomic E-state index is 13.0. The molecule has 0 radical (unpaired) electrons. The molecule has 0 aromatic heterocycles. The van der Waals surface area contributed by atoms with Gasteiger partial charge in [-0.25, -0.2) is 0 Å². The summed E-state index contributed by atoms with van der Waals surface area (Å²) in [6.07, 6.45) is -5.23. The van der Waals surface area contributed by atoms with Crippen LogP contribution in [0.2, 0.25) is 0 Å². The van der Waals surface area contributed by atoms with Crippen LogP contribution in [0.1, 0.15) is 11.1 Å². The average molecular weight is 539 g/mol. The summed E-state index contributed by atoms with van der Waals surface area (Å²) in [5, 5.41) is -1.16. The monoisotopic (exact) mass is 538 g/mol. The van der Waals surface area contributed by atoms with Crippen LogP contribution >= 0.6 is 23.2 Å². The number of benzene rings is 2. The molecule has 8 nitrogen and oxygen atoms in total. The molecule has 12 heteroatoms. The van der Waals surface area contributed by atoms with Gasteiger partial charge in [0.15, 0.2) is 12.4 Å². The predicted molar refractivity (Wildman–Crippen MR) is 123 cm³/mol. The highest BCUT2D eigenvalue weighted by Crippen LogP contribution is 2.34. The number of ether oxygens (including phenoxy) is 2. The lowest BCUT2D eigenvalue weighted by Gasteiger charge is -2.42. The fourth-order valence-corrected chi connectivity index (χ4v) is 6.14. The molecule has 1 aliphatic heterocycles.